The summed E-state index contributed by atoms with van der Waals surface area (Å²) in [4.78, 5) is 20.1. The molecule has 4 aromatic rings. The summed E-state index contributed by atoms with van der Waals surface area (Å²) in [5.41, 5.74) is 3.01. The van der Waals surface area contributed by atoms with Gasteiger partial charge in [0.1, 0.15) is 0 Å². The van der Waals surface area contributed by atoms with Gasteiger partial charge >= 0.3 is 0 Å². The third-order valence-electron chi connectivity index (χ3n) is 4.62. The van der Waals surface area contributed by atoms with Crippen LogP contribution in [-0.4, -0.2) is 14.5 Å². The van der Waals surface area contributed by atoms with Gasteiger partial charge in [0.2, 0.25) is 5.95 Å². The maximum Gasteiger partial charge on any atom is 0.258 e. The molecule has 0 fully saturated rings. The smallest absolute Gasteiger partial charge is 0.258 e. The molecule has 0 aliphatic rings. The van der Waals surface area contributed by atoms with Crippen molar-refractivity contribution in [1.29, 1.82) is 0 Å². The van der Waals surface area contributed by atoms with E-state index >= 15 is 0 Å². The number of rotatable bonds is 2. The number of halogens is 2. The average molecular weight is 397 g/mol. The SMILES string of the molecule is C#Cc1[nH]c(=O)c2c(ccc3nc(Nc4c(Cl)cccc4Cl)n(C)c32)c1C. The number of para-hydroxylation sites is 1. The van der Waals surface area contributed by atoms with E-state index in [0.29, 0.717) is 43.8 Å². The van der Waals surface area contributed by atoms with Crippen molar-refractivity contribution < 1.29 is 0 Å². The Labute approximate surface area is 164 Å². The number of pyridine rings is 1. The summed E-state index contributed by atoms with van der Waals surface area (Å²) in [7, 11) is 1.83. The molecule has 0 atom stereocenters. The van der Waals surface area contributed by atoms with Gasteiger partial charge in [-0.15, -0.1) is 6.42 Å². The van der Waals surface area contributed by atoms with Crippen LogP contribution < -0.4 is 10.9 Å². The Bertz CT molecular complexity index is 1310. The molecule has 0 saturated carbocycles. The predicted molar refractivity (Wildman–Crippen MR) is 111 cm³/mol. The molecule has 0 radical (unpaired) electrons. The first-order valence-electron chi connectivity index (χ1n) is 8.12. The van der Waals surface area contributed by atoms with Gasteiger partial charge in [-0.3, -0.25) is 4.79 Å². The monoisotopic (exact) mass is 396 g/mol. The van der Waals surface area contributed by atoms with Crippen LogP contribution in [0.4, 0.5) is 11.6 Å². The van der Waals surface area contributed by atoms with Crippen LogP contribution in [0, 0.1) is 19.3 Å². The van der Waals surface area contributed by atoms with Gasteiger partial charge < -0.3 is 14.9 Å². The molecule has 0 saturated heterocycles. The molecule has 0 spiro atoms. The number of benzene rings is 2. The molecule has 0 aliphatic carbocycles. The number of terminal acetylenes is 1. The van der Waals surface area contributed by atoms with E-state index in [1.54, 1.807) is 18.2 Å². The lowest BCUT2D eigenvalue weighted by Gasteiger charge is -2.10. The first kappa shape index (κ1) is 17.5. The van der Waals surface area contributed by atoms with Crippen LogP contribution in [0.1, 0.15) is 11.3 Å². The second kappa shape index (κ2) is 6.34. The molecule has 0 amide bonds. The highest BCUT2D eigenvalue weighted by atomic mass is 35.5. The first-order valence-corrected chi connectivity index (χ1v) is 8.87. The van der Waals surface area contributed by atoms with Crippen LogP contribution in [-0.2, 0) is 7.05 Å². The van der Waals surface area contributed by atoms with E-state index in [1.165, 1.54) is 0 Å². The van der Waals surface area contributed by atoms with Crippen LogP contribution >= 0.6 is 23.2 Å². The molecule has 5 nitrogen and oxygen atoms in total. The number of H-pyrrole nitrogens is 1. The number of hydrogen-bond donors (Lipinski definition) is 2. The lowest BCUT2D eigenvalue weighted by Crippen LogP contribution is -2.11. The third kappa shape index (κ3) is 2.66. The summed E-state index contributed by atoms with van der Waals surface area (Å²) >= 11 is 12.5. The maximum atomic E-state index is 12.7. The van der Waals surface area contributed by atoms with E-state index < -0.39 is 0 Å². The molecule has 0 bridgehead atoms. The zero-order chi connectivity index (χ0) is 19.3. The second-order valence-electron chi connectivity index (χ2n) is 6.17. The molecule has 4 rings (SSSR count). The minimum atomic E-state index is -0.250. The van der Waals surface area contributed by atoms with Gasteiger partial charge in [-0.1, -0.05) is 41.3 Å². The molecule has 27 heavy (non-hydrogen) atoms. The van der Waals surface area contributed by atoms with E-state index in [-0.39, 0.29) is 5.56 Å². The Morgan fingerprint density at radius 1 is 1.22 bits per heavy atom. The lowest BCUT2D eigenvalue weighted by atomic mass is 10.0. The minimum Gasteiger partial charge on any atom is -0.323 e. The lowest BCUT2D eigenvalue weighted by molar-refractivity contribution is 0.960. The Balaban J connectivity index is 2.00. The van der Waals surface area contributed by atoms with Gasteiger partial charge in [-0.2, -0.15) is 0 Å². The van der Waals surface area contributed by atoms with Gasteiger partial charge in [0.25, 0.3) is 5.56 Å². The molecule has 2 N–H and O–H groups in total. The molecule has 7 heteroatoms. The number of aryl methyl sites for hydroxylation is 2. The van der Waals surface area contributed by atoms with E-state index in [4.69, 9.17) is 29.6 Å². The number of hydrogen-bond acceptors (Lipinski definition) is 3. The third-order valence-corrected chi connectivity index (χ3v) is 5.25. The highest BCUT2D eigenvalue weighted by molar-refractivity contribution is 6.39. The highest BCUT2D eigenvalue weighted by Crippen LogP contribution is 2.34. The van der Waals surface area contributed by atoms with Crippen molar-refractivity contribution in [2.75, 3.05) is 5.32 Å². The summed E-state index contributed by atoms with van der Waals surface area (Å²) < 4.78 is 1.81. The number of nitrogens with zero attached hydrogens (tertiary/aromatic N) is 2. The Kier molecular flexibility index (Phi) is 4.11. The Morgan fingerprint density at radius 2 is 1.93 bits per heavy atom. The molecule has 0 aliphatic heterocycles. The number of anilines is 2. The fourth-order valence-electron chi connectivity index (χ4n) is 3.24. The number of imidazole rings is 1. The van der Waals surface area contributed by atoms with Crippen LogP contribution in [0.5, 0.6) is 0 Å². The van der Waals surface area contributed by atoms with Crippen molar-refractivity contribution in [2.45, 2.75) is 6.92 Å². The van der Waals surface area contributed by atoms with Crippen LogP contribution in [0.25, 0.3) is 21.8 Å². The van der Waals surface area contributed by atoms with E-state index in [2.05, 4.69) is 21.2 Å². The highest BCUT2D eigenvalue weighted by Gasteiger charge is 2.17. The molecule has 134 valence electrons. The largest absolute Gasteiger partial charge is 0.323 e. The van der Waals surface area contributed by atoms with Gasteiger partial charge in [-0.25, -0.2) is 4.98 Å². The molecule has 2 aromatic carbocycles. The van der Waals surface area contributed by atoms with Gasteiger partial charge in [-0.05, 0) is 36.1 Å². The quantitative estimate of drug-likeness (QED) is 0.480. The number of fused-ring (bicyclic) bond motifs is 3. The average Bonchev–Trinajstić information content (AvgIpc) is 2.96. The van der Waals surface area contributed by atoms with E-state index in [9.17, 15) is 4.79 Å². The molecular weight excluding hydrogens is 383 g/mol. The van der Waals surface area contributed by atoms with Gasteiger partial charge in [0.15, 0.2) is 0 Å². The van der Waals surface area contributed by atoms with E-state index in [1.807, 2.05) is 30.7 Å². The Hall–Kier alpha value is -2.94. The first-order chi connectivity index (χ1) is 12.9. The van der Waals surface area contributed by atoms with Crippen LogP contribution in [0.3, 0.4) is 0 Å². The summed E-state index contributed by atoms with van der Waals surface area (Å²) in [6, 6.07) is 8.97. The maximum absolute atomic E-state index is 12.7. The second-order valence-corrected chi connectivity index (χ2v) is 6.98. The van der Waals surface area contributed by atoms with Crippen molar-refractivity contribution in [3.8, 4) is 12.3 Å². The standard InChI is InChI=1S/C20H14Cl2N4O/c1-4-14-10(2)11-8-9-15-18(16(11)19(27)23-14)26(3)20(24-15)25-17-12(21)6-5-7-13(17)22/h1,5-9H,2-3H3,(H,23,27)(H,24,25). The van der Waals surface area contributed by atoms with Gasteiger partial charge in [0.05, 0.1) is 37.8 Å². The number of aromatic nitrogens is 3. The fraction of sp³-hybridized carbons (Fsp3) is 0.100. The summed E-state index contributed by atoms with van der Waals surface area (Å²) in [5.74, 6) is 3.04. The van der Waals surface area contributed by atoms with Crippen LogP contribution in [0.15, 0.2) is 35.1 Å². The minimum absolute atomic E-state index is 0.250. The van der Waals surface area contributed by atoms with Crippen molar-refractivity contribution in [1.82, 2.24) is 14.5 Å². The Morgan fingerprint density at radius 3 is 2.59 bits per heavy atom. The van der Waals surface area contributed by atoms with Crippen molar-refractivity contribution >= 4 is 56.6 Å². The molecule has 2 aromatic heterocycles. The number of nitrogens with one attached hydrogen (secondary N) is 2. The van der Waals surface area contributed by atoms with Crippen molar-refractivity contribution in [3.63, 3.8) is 0 Å². The van der Waals surface area contributed by atoms with Crippen molar-refractivity contribution in [3.05, 3.63) is 62.0 Å². The summed E-state index contributed by atoms with van der Waals surface area (Å²) in [6.07, 6.45) is 5.50. The van der Waals surface area contributed by atoms with Crippen molar-refractivity contribution in [2.24, 2.45) is 7.05 Å². The number of aromatic amines is 1. The molecule has 2 heterocycles. The van der Waals surface area contributed by atoms with Gasteiger partial charge in [0, 0.05) is 7.05 Å². The zero-order valence-corrected chi connectivity index (χ0v) is 16.0. The topological polar surface area (TPSA) is 62.7 Å². The fourth-order valence-corrected chi connectivity index (χ4v) is 3.73. The summed E-state index contributed by atoms with van der Waals surface area (Å²) in [6.45, 7) is 1.89. The van der Waals surface area contributed by atoms with E-state index in [0.717, 1.165) is 10.9 Å². The predicted octanol–water partition coefficient (Wildman–Crippen LogP) is 4.75. The molecular formula is C20H14Cl2N4O. The summed E-state index contributed by atoms with van der Waals surface area (Å²) in [5, 5.41) is 5.45. The molecule has 0 unspecified atom stereocenters. The van der Waals surface area contributed by atoms with Crippen LogP contribution in [0.2, 0.25) is 10.0 Å². The zero-order valence-electron chi connectivity index (χ0n) is 14.5. The normalized spacial score (nSPS) is 11.1.